The molecule has 6 heteroatoms. The van der Waals surface area contributed by atoms with Gasteiger partial charge in [0.15, 0.2) is 10.9 Å². The van der Waals surface area contributed by atoms with Crippen LogP contribution in [0.5, 0.6) is 0 Å². The Labute approximate surface area is 151 Å². The molecule has 2 aromatic carbocycles. The minimum absolute atomic E-state index is 0.233. The Bertz CT molecular complexity index is 904. The van der Waals surface area contributed by atoms with Crippen LogP contribution in [0.2, 0.25) is 0 Å². The Kier molecular flexibility index (Phi) is 5.09. The van der Waals surface area contributed by atoms with Crippen molar-refractivity contribution in [1.82, 2.24) is 9.78 Å². The number of anilines is 2. The molecule has 0 aliphatic rings. The second kappa shape index (κ2) is 7.44. The summed E-state index contributed by atoms with van der Waals surface area (Å²) in [6, 6.07) is 16.5. The Hall–Kier alpha value is -2.73. The molecule has 1 aromatic heterocycles. The lowest BCUT2D eigenvalue weighted by Gasteiger charge is -2.09. The van der Waals surface area contributed by atoms with Crippen LogP contribution in [0.15, 0.2) is 54.6 Å². The second-order valence-corrected chi connectivity index (χ2v) is 6.28. The van der Waals surface area contributed by atoms with Crippen LogP contribution < -0.4 is 10.6 Å². The van der Waals surface area contributed by atoms with Gasteiger partial charge in [0.25, 0.3) is 0 Å². The van der Waals surface area contributed by atoms with E-state index in [2.05, 4.69) is 15.7 Å². The van der Waals surface area contributed by atoms with Gasteiger partial charge in [0.1, 0.15) is 5.82 Å². The zero-order chi connectivity index (χ0) is 17.8. The maximum absolute atomic E-state index is 13.8. The number of halogens is 1. The third kappa shape index (κ3) is 4.42. The van der Waals surface area contributed by atoms with Gasteiger partial charge in [-0.3, -0.25) is 4.68 Å². The lowest BCUT2D eigenvalue weighted by atomic mass is 10.2. The van der Waals surface area contributed by atoms with Crippen LogP contribution in [0.1, 0.15) is 16.8 Å². The van der Waals surface area contributed by atoms with Gasteiger partial charge in [-0.15, -0.1) is 0 Å². The summed E-state index contributed by atoms with van der Waals surface area (Å²) in [4.78, 5) is 0. The minimum atomic E-state index is -0.233. The number of rotatable bonds is 4. The molecule has 3 rings (SSSR count). The topological polar surface area (TPSA) is 41.9 Å². The summed E-state index contributed by atoms with van der Waals surface area (Å²) >= 11 is 5.33. The summed E-state index contributed by atoms with van der Waals surface area (Å²) in [5.41, 5.74) is 3.59. The highest BCUT2D eigenvalue weighted by Gasteiger charge is 2.09. The second-order valence-electron chi connectivity index (χ2n) is 5.87. The molecule has 0 bridgehead atoms. The standard InChI is InChI=1S/C19H19FN4S/c1-13-6-5-8-16(10-13)21-19(25)22-18-11-14(2)24(23-18)12-15-7-3-4-9-17(15)20/h3-11H,12H2,1-2H3,(H2,21,22,23,25). The van der Waals surface area contributed by atoms with E-state index in [1.54, 1.807) is 16.8 Å². The third-order valence-corrected chi connectivity index (χ3v) is 3.98. The molecule has 0 fully saturated rings. The van der Waals surface area contributed by atoms with Gasteiger partial charge in [-0.05, 0) is 49.8 Å². The molecule has 0 saturated heterocycles. The number of aromatic nitrogens is 2. The van der Waals surface area contributed by atoms with Crippen molar-refractivity contribution in [2.75, 3.05) is 10.6 Å². The first-order valence-electron chi connectivity index (χ1n) is 7.94. The molecule has 3 aromatic rings. The van der Waals surface area contributed by atoms with Crippen molar-refractivity contribution in [1.29, 1.82) is 0 Å². The first kappa shape index (κ1) is 17.1. The lowest BCUT2D eigenvalue weighted by Crippen LogP contribution is -2.19. The number of hydrogen-bond acceptors (Lipinski definition) is 2. The molecule has 1 heterocycles. The van der Waals surface area contributed by atoms with Crippen LogP contribution >= 0.6 is 12.2 Å². The number of nitrogens with one attached hydrogen (secondary N) is 2. The zero-order valence-electron chi connectivity index (χ0n) is 14.1. The highest BCUT2D eigenvalue weighted by atomic mass is 32.1. The number of aryl methyl sites for hydroxylation is 2. The van der Waals surface area contributed by atoms with Gasteiger partial charge in [-0.25, -0.2) is 4.39 Å². The minimum Gasteiger partial charge on any atom is -0.332 e. The van der Waals surface area contributed by atoms with E-state index in [4.69, 9.17) is 12.2 Å². The van der Waals surface area contributed by atoms with Crippen molar-refractivity contribution in [3.05, 3.63) is 77.2 Å². The van der Waals surface area contributed by atoms with Gasteiger partial charge in [0.05, 0.1) is 6.54 Å². The molecule has 0 atom stereocenters. The molecular formula is C19H19FN4S. The molecule has 0 radical (unpaired) electrons. The highest BCUT2D eigenvalue weighted by molar-refractivity contribution is 7.80. The predicted molar refractivity (Wildman–Crippen MR) is 103 cm³/mol. The van der Waals surface area contributed by atoms with Gasteiger partial charge in [-0.2, -0.15) is 5.10 Å². The summed E-state index contributed by atoms with van der Waals surface area (Å²) in [6.07, 6.45) is 0. The first-order valence-corrected chi connectivity index (χ1v) is 8.34. The van der Waals surface area contributed by atoms with Crippen LogP contribution in [0.3, 0.4) is 0 Å². The molecule has 0 amide bonds. The third-order valence-electron chi connectivity index (χ3n) is 3.78. The van der Waals surface area contributed by atoms with Crippen LogP contribution in [0.4, 0.5) is 15.9 Å². The molecule has 128 valence electrons. The van der Waals surface area contributed by atoms with E-state index in [1.165, 1.54) is 6.07 Å². The molecule has 0 saturated carbocycles. The Morgan fingerprint density at radius 2 is 1.88 bits per heavy atom. The van der Waals surface area contributed by atoms with Gasteiger partial charge in [0, 0.05) is 23.0 Å². The average molecular weight is 354 g/mol. The number of benzene rings is 2. The van der Waals surface area contributed by atoms with E-state index in [-0.39, 0.29) is 5.82 Å². The molecule has 25 heavy (non-hydrogen) atoms. The van der Waals surface area contributed by atoms with Gasteiger partial charge in [0.2, 0.25) is 0 Å². The SMILES string of the molecule is Cc1cccc(NC(=S)Nc2cc(C)n(Cc3ccccc3F)n2)c1. The van der Waals surface area contributed by atoms with Gasteiger partial charge < -0.3 is 10.6 Å². The molecule has 0 spiro atoms. The molecule has 0 unspecified atom stereocenters. The predicted octanol–water partition coefficient (Wildman–Crippen LogP) is 4.50. The van der Waals surface area contributed by atoms with Crippen LogP contribution in [-0.4, -0.2) is 14.9 Å². The van der Waals surface area contributed by atoms with E-state index in [0.717, 1.165) is 16.9 Å². The van der Waals surface area contributed by atoms with Gasteiger partial charge >= 0.3 is 0 Å². The Morgan fingerprint density at radius 1 is 1.08 bits per heavy atom. The number of thiocarbonyl (C=S) groups is 1. The quantitative estimate of drug-likeness (QED) is 0.677. The van der Waals surface area contributed by atoms with Crippen molar-refractivity contribution in [3.8, 4) is 0 Å². The van der Waals surface area contributed by atoms with Crippen LogP contribution in [0.25, 0.3) is 0 Å². The molecule has 0 aliphatic heterocycles. The van der Waals surface area contributed by atoms with Gasteiger partial charge in [-0.1, -0.05) is 30.3 Å². The summed E-state index contributed by atoms with van der Waals surface area (Å²) in [6.45, 7) is 4.32. The van der Waals surface area contributed by atoms with Crippen molar-refractivity contribution in [3.63, 3.8) is 0 Å². The summed E-state index contributed by atoms with van der Waals surface area (Å²) in [5, 5.41) is 11.1. The fourth-order valence-electron chi connectivity index (χ4n) is 2.52. The maximum atomic E-state index is 13.8. The van der Waals surface area contributed by atoms with Crippen LogP contribution in [-0.2, 0) is 6.54 Å². The smallest absolute Gasteiger partial charge is 0.176 e. The first-order chi connectivity index (χ1) is 12.0. The largest absolute Gasteiger partial charge is 0.332 e. The number of nitrogens with zero attached hydrogens (tertiary/aromatic N) is 2. The highest BCUT2D eigenvalue weighted by Crippen LogP contribution is 2.15. The summed E-state index contributed by atoms with van der Waals surface area (Å²) < 4.78 is 15.6. The van der Waals surface area contributed by atoms with E-state index in [9.17, 15) is 4.39 Å². The van der Waals surface area contributed by atoms with E-state index in [0.29, 0.717) is 23.0 Å². The fourth-order valence-corrected chi connectivity index (χ4v) is 2.74. The molecule has 0 aliphatic carbocycles. The monoisotopic (exact) mass is 354 g/mol. The molecular weight excluding hydrogens is 335 g/mol. The Morgan fingerprint density at radius 3 is 2.64 bits per heavy atom. The zero-order valence-corrected chi connectivity index (χ0v) is 14.9. The summed E-state index contributed by atoms with van der Waals surface area (Å²) in [7, 11) is 0. The van der Waals surface area contributed by atoms with Crippen LogP contribution in [0, 0.1) is 19.7 Å². The summed E-state index contributed by atoms with van der Waals surface area (Å²) in [5.74, 6) is 0.391. The van der Waals surface area contributed by atoms with E-state index >= 15 is 0 Å². The fraction of sp³-hybridized carbons (Fsp3) is 0.158. The average Bonchev–Trinajstić information content (AvgIpc) is 2.89. The normalized spacial score (nSPS) is 10.5. The van der Waals surface area contributed by atoms with Crippen molar-refractivity contribution >= 4 is 28.8 Å². The van der Waals surface area contributed by atoms with Crippen molar-refractivity contribution in [2.45, 2.75) is 20.4 Å². The molecule has 2 N–H and O–H groups in total. The lowest BCUT2D eigenvalue weighted by molar-refractivity contribution is 0.581. The number of hydrogen-bond donors (Lipinski definition) is 2. The van der Waals surface area contributed by atoms with E-state index < -0.39 is 0 Å². The van der Waals surface area contributed by atoms with E-state index in [1.807, 2.05) is 50.2 Å². The molecule has 4 nitrogen and oxygen atoms in total. The van der Waals surface area contributed by atoms with Crippen molar-refractivity contribution < 1.29 is 4.39 Å². The van der Waals surface area contributed by atoms with Crippen molar-refractivity contribution in [2.24, 2.45) is 0 Å². The maximum Gasteiger partial charge on any atom is 0.176 e. The Balaban J connectivity index is 1.68.